The van der Waals surface area contributed by atoms with E-state index in [-0.39, 0.29) is 12.0 Å². The number of rotatable bonds is 3. The van der Waals surface area contributed by atoms with E-state index in [4.69, 9.17) is 5.11 Å². The molecule has 1 fully saturated rings. The SMILES string of the molecule is O=C(CCn1ccnn1)N1CC(O)C1. The van der Waals surface area contributed by atoms with Crippen molar-refractivity contribution in [2.45, 2.75) is 19.1 Å². The van der Waals surface area contributed by atoms with Gasteiger partial charge in [0.25, 0.3) is 0 Å². The third-order valence-electron chi connectivity index (χ3n) is 2.24. The molecule has 2 rings (SSSR count). The van der Waals surface area contributed by atoms with Gasteiger partial charge < -0.3 is 10.0 Å². The Labute approximate surface area is 81.1 Å². The minimum atomic E-state index is -0.328. The maximum atomic E-state index is 11.4. The van der Waals surface area contributed by atoms with Crippen LogP contribution in [-0.4, -0.2) is 50.1 Å². The molecule has 14 heavy (non-hydrogen) atoms. The minimum Gasteiger partial charge on any atom is -0.389 e. The van der Waals surface area contributed by atoms with Gasteiger partial charge in [0.1, 0.15) is 0 Å². The summed E-state index contributed by atoms with van der Waals surface area (Å²) in [5.41, 5.74) is 0. The Balaban J connectivity index is 1.73. The summed E-state index contributed by atoms with van der Waals surface area (Å²) >= 11 is 0. The first-order chi connectivity index (χ1) is 6.75. The van der Waals surface area contributed by atoms with Crippen LogP contribution in [0.1, 0.15) is 6.42 Å². The Bertz CT molecular complexity index is 305. The molecular weight excluding hydrogens is 184 g/mol. The normalized spacial score (nSPS) is 16.8. The number of aliphatic hydroxyl groups is 1. The summed E-state index contributed by atoms with van der Waals surface area (Å²) in [5.74, 6) is 0.0609. The molecule has 1 N–H and O–H groups in total. The first kappa shape index (κ1) is 9.14. The molecule has 0 aromatic carbocycles. The fourth-order valence-electron chi connectivity index (χ4n) is 1.38. The zero-order valence-electron chi connectivity index (χ0n) is 7.70. The fraction of sp³-hybridized carbons (Fsp3) is 0.625. The standard InChI is InChI=1S/C8H12N4O2/c13-7-5-11(6-7)8(14)1-3-12-4-2-9-10-12/h2,4,7,13H,1,3,5-6H2. The van der Waals surface area contributed by atoms with E-state index < -0.39 is 0 Å². The van der Waals surface area contributed by atoms with Gasteiger partial charge in [-0.1, -0.05) is 5.21 Å². The largest absolute Gasteiger partial charge is 0.389 e. The van der Waals surface area contributed by atoms with Crippen molar-refractivity contribution in [3.63, 3.8) is 0 Å². The number of aliphatic hydroxyl groups excluding tert-OH is 1. The van der Waals surface area contributed by atoms with Gasteiger partial charge in [0.15, 0.2) is 0 Å². The van der Waals surface area contributed by atoms with Crippen LogP contribution < -0.4 is 0 Å². The maximum Gasteiger partial charge on any atom is 0.224 e. The van der Waals surface area contributed by atoms with Crippen LogP contribution in [0, 0.1) is 0 Å². The molecule has 0 unspecified atom stereocenters. The Morgan fingerprint density at radius 1 is 1.57 bits per heavy atom. The van der Waals surface area contributed by atoms with Crippen molar-refractivity contribution >= 4 is 5.91 Å². The predicted octanol–water partition coefficient (Wildman–Crippen LogP) is -1.13. The highest BCUT2D eigenvalue weighted by molar-refractivity contribution is 5.77. The minimum absolute atomic E-state index is 0.0609. The van der Waals surface area contributed by atoms with E-state index in [1.807, 2.05) is 0 Å². The zero-order valence-corrected chi connectivity index (χ0v) is 7.70. The van der Waals surface area contributed by atoms with Crippen molar-refractivity contribution < 1.29 is 9.90 Å². The molecule has 76 valence electrons. The van der Waals surface area contributed by atoms with Gasteiger partial charge in [-0.25, -0.2) is 0 Å². The van der Waals surface area contributed by atoms with E-state index in [1.54, 1.807) is 22.0 Å². The third kappa shape index (κ3) is 1.90. The molecule has 2 heterocycles. The van der Waals surface area contributed by atoms with Gasteiger partial charge in [-0.3, -0.25) is 9.48 Å². The molecule has 6 nitrogen and oxygen atoms in total. The monoisotopic (exact) mass is 196 g/mol. The first-order valence-corrected chi connectivity index (χ1v) is 4.55. The van der Waals surface area contributed by atoms with Crippen LogP contribution in [0.4, 0.5) is 0 Å². The molecular formula is C8H12N4O2. The van der Waals surface area contributed by atoms with E-state index in [2.05, 4.69) is 10.3 Å². The van der Waals surface area contributed by atoms with Gasteiger partial charge in [0.05, 0.1) is 18.8 Å². The van der Waals surface area contributed by atoms with Crippen molar-refractivity contribution in [1.29, 1.82) is 0 Å². The van der Waals surface area contributed by atoms with Crippen molar-refractivity contribution in [2.24, 2.45) is 0 Å². The van der Waals surface area contributed by atoms with E-state index in [0.29, 0.717) is 26.1 Å². The summed E-state index contributed by atoms with van der Waals surface area (Å²) in [5, 5.41) is 16.4. The van der Waals surface area contributed by atoms with Crippen LogP contribution in [0.25, 0.3) is 0 Å². The van der Waals surface area contributed by atoms with Gasteiger partial charge in [0, 0.05) is 25.7 Å². The summed E-state index contributed by atoms with van der Waals surface area (Å²) in [6.45, 7) is 1.48. The van der Waals surface area contributed by atoms with Crippen molar-refractivity contribution in [3.8, 4) is 0 Å². The average Bonchev–Trinajstić information content (AvgIpc) is 2.61. The van der Waals surface area contributed by atoms with Gasteiger partial charge in [-0.15, -0.1) is 5.10 Å². The second kappa shape index (κ2) is 3.75. The second-order valence-corrected chi connectivity index (χ2v) is 3.37. The van der Waals surface area contributed by atoms with Crippen molar-refractivity contribution in [3.05, 3.63) is 12.4 Å². The molecule has 1 aliphatic rings. The quantitative estimate of drug-likeness (QED) is 0.664. The lowest BCUT2D eigenvalue weighted by Crippen LogP contribution is -2.53. The Kier molecular flexibility index (Phi) is 2.45. The molecule has 1 aromatic rings. The van der Waals surface area contributed by atoms with Crippen molar-refractivity contribution in [1.82, 2.24) is 19.9 Å². The van der Waals surface area contributed by atoms with E-state index in [1.165, 1.54) is 0 Å². The smallest absolute Gasteiger partial charge is 0.224 e. The summed E-state index contributed by atoms with van der Waals surface area (Å²) in [6.07, 6.45) is 3.39. The molecule has 0 radical (unpaired) electrons. The van der Waals surface area contributed by atoms with Gasteiger partial charge in [-0.05, 0) is 0 Å². The van der Waals surface area contributed by atoms with Crippen LogP contribution in [0.15, 0.2) is 12.4 Å². The number of aromatic nitrogens is 3. The van der Waals surface area contributed by atoms with Crippen LogP contribution in [0.2, 0.25) is 0 Å². The number of carbonyl (C=O) groups excluding carboxylic acids is 1. The number of carbonyl (C=O) groups is 1. The molecule has 0 atom stereocenters. The van der Waals surface area contributed by atoms with E-state index in [9.17, 15) is 4.79 Å². The molecule has 0 bridgehead atoms. The van der Waals surface area contributed by atoms with Crippen LogP contribution >= 0.6 is 0 Å². The summed E-state index contributed by atoms with van der Waals surface area (Å²) in [6, 6.07) is 0. The summed E-state index contributed by atoms with van der Waals surface area (Å²) in [4.78, 5) is 13.1. The van der Waals surface area contributed by atoms with E-state index in [0.717, 1.165) is 0 Å². The molecule has 1 aromatic heterocycles. The Morgan fingerprint density at radius 2 is 2.36 bits per heavy atom. The number of hydrogen-bond donors (Lipinski definition) is 1. The number of nitrogens with zero attached hydrogens (tertiary/aromatic N) is 4. The molecule has 1 saturated heterocycles. The fourth-order valence-corrected chi connectivity index (χ4v) is 1.38. The van der Waals surface area contributed by atoms with E-state index >= 15 is 0 Å². The van der Waals surface area contributed by atoms with Crippen molar-refractivity contribution in [2.75, 3.05) is 13.1 Å². The molecule has 6 heteroatoms. The number of amides is 1. The van der Waals surface area contributed by atoms with Gasteiger partial charge in [-0.2, -0.15) is 0 Å². The van der Waals surface area contributed by atoms with Crippen LogP contribution in [0.5, 0.6) is 0 Å². The van der Waals surface area contributed by atoms with Gasteiger partial charge in [0.2, 0.25) is 5.91 Å². The number of β-amino-alcohol motifs (C(OH)–C–C–N with tert-alkyl or cyclic N) is 1. The van der Waals surface area contributed by atoms with Crippen LogP contribution in [-0.2, 0) is 11.3 Å². The Morgan fingerprint density at radius 3 is 2.93 bits per heavy atom. The molecule has 0 spiro atoms. The second-order valence-electron chi connectivity index (χ2n) is 3.37. The molecule has 0 aliphatic carbocycles. The summed E-state index contributed by atoms with van der Waals surface area (Å²) in [7, 11) is 0. The topological polar surface area (TPSA) is 71.2 Å². The first-order valence-electron chi connectivity index (χ1n) is 4.55. The van der Waals surface area contributed by atoms with Crippen LogP contribution in [0.3, 0.4) is 0 Å². The number of aryl methyl sites for hydroxylation is 1. The molecule has 0 saturated carbocycles. The number of likely N-dealkylation sites (tertiary alicyclic amines) is 1. The zero-order chi connectivity index (χ0) is 9.97. The predicted molar refractivity (Wildman–Crippen MR) is 47.2 cm³/mol. The third-order valence-corrected chi connectivity index (χ3v) is 2.24. The number of hydrogen-bond acceptors (Lipinski definition) is 4. The highest BCUT2D eigenvalue weighted by atomic mass is 16.3. The van der Waals surface area contributed by atoms with Gasteiger partial charge >= 0.3 is 0 Å². The molecule has 1 amide bonds. The lowest BCUT2D eigenvalue weighted by atomic mass is 10.1. The lowest BCUT2D eigenvalue weighted by Gasteiger charge is -2.35. The lowest BCUT2D eigenvalue weighted by molar-refractivity contribution is -0.141. The highest BCUT2D eigenvalue weighted by Gasteiger charge is 2.28. The molecule has 1 aliphatic heterocycles. The highest BCUT2D eigenvalue weighted by Crippen LogP contribution is 2.09. The maximum absolute atomic E-state index is 11.4. The average molecular weight is 196 g/mol. The summed E-state index contributed by atoms with van der Waals surface area (Å²) < 4.78 is 1.62. The Hall–Kier alpha value is -1.43.